The van der Waals surface area contributed by atoms with Crippen LogP contribution in [0.3, 0.4) is 0 Å². The first-order chi connectivity index (χ1) is 7.25. The van der Waals surface area contributed by atoms with Crippen molar-refractivity contribution in [3.8, 4) is 0 Å². The fourth-order valence-corrected chi connectivity index (χ4v) is 1.73. The number of benzene rings is 1. The number of rotatable bonds is 2. The van der Waals surface area contributed by atoms with E-state index in [1.165, 1.54) is 0 Å². The number of anilines is 1. The van der Waals surface area contributed by atoms with Crippen LogP contribution in [0.5, 0.6) is 0 Å². The summed E-state index contributed by atoms with van der Waals surface area (Å²) >= 11 is 0. The van der Waals surface area contributed by atoms with Crippen LogP contribution in [-0.2, 0) is 4.79 Å². The molecule has 2 rings (SSSR count). The molecule has 1 fully saturated rings. The predicted octanol–water partition coefficient (Wildman–Crippen LogP) is 1.56. The minimum absolute atomic E-state index is 0.0237. The number of hydrogen-bond donors (Lipinski definition) is 2. The average molecular weight is 203 g/mol. The molecule has 1 heterocycles. The van der Waals surface area contributed by atoms with E-state index in [9.17, 15) is 4.79 Å². The second kappa shape index (κ2) is 4.45. The molecule has 1 aromatic rings. The van der Waals surface area contributed by atoms with Crippen molar-refractivity contribution < 1.29 is 4.79 Å². The van der Waals surface area contributed by atoms with Crippen molar-refractivity contribution in [2.75, 3.05) is 11.9 Å². The number of carbonyl (C=O) groups is 1. The van der Waals surface area contributed by atoms with E-state index < -0.39 is 0 Å². The van der Waals surface area contributed by atoms with Gasteiger partial charge in [-0.1, -0.05) is 12.1 Å². The molecule has 1 atom stereocenters. The second-order valence-electron chi connectivity index (χ2n) is 3.84. The minimum atomic E-state index is -0.0237. The molecule has 2 N–H and O–H groups in total. The zero-order valence-electron chi connectivity index (χ0n) is 8.62. The predicted molar refractivity (Wildman–Crippen MR) is 60.6 cm³/mol. The molecule has 3 heteroatoms. The van der Waals surface area contributed by atoms with Gasteiger partial charge in [0.2, 0.25) is 5.91 Å². The molecule has 0 aromatic heterocycles. The van der Waals surface area contributed by atoms with Gasteiger partial charge in [0.15, 0.2) is 0 Å². The summed E-state index contributed by atoms with van der Waals surface area (Å²) in [5.74, 6) is 0.0595. The Balaban J connectivity index is 1.96. The van der Waals surface area contributed by atoms with Gasteiger partial charge in [-0.2, -0.15) is 0 Å². The van der Waals surface area contributed by atoms with Crippen molar-refractivity contribution in [1.82, 2.24) is 5.32 Å². The summed E-state index contributed by atoms with van der Waals surface area (Å²) in [4.78, 5) is 11.7. The van der Waals surface area contributed by atoms with Gasteiger partial charge in [-0.25, -0.2) is 0 Å². The van der Waals surface area contributed by atoms with E-state index in [1.807, 2.05) is 24.3 Å². The summed E-state index contributed by atoms with van der Waals surface area (Å²) in [5.41, 5.74) is 1.79. The van der Waals surface area contributed by atoms with Crippen LogP contribution < -0.4 is 10.6 Å². The van der Waals surface area contributed by atoms with Gasteiger partial charge in [0, 0.05) is 5.69 Å². The average Bonchev–Trinajstić information content (AvgIpc) is 2.74. The lowest BCUT2D eigenvalue weighted by molar-refractivity contribution is -0.117. The monoisotopic (exact) mass is 203 g/mol. The molecule has 0 spiro atoms. The highest BCUT2D eigenvalue weighted by molar-refractivity contribution is 5.95. The molecule has 1 saturated heterocycles. The summed E-state index contributed by atoms with van der Waals surface area (Å²) in [7, 11) is 0. The zero-order chi connectivity index (χ0) is 10.7. The smallest absolute Gasteiger partial charge is 0.241 e. The Hall–Kier alpha value is -1.35. The summed E-state index contributed by atoms with van der Waals surface area (Å²) in [6, 6.07) is 7.49. The number of carbonyl (C=O) groups excluding carboxylic acids is 1. The van der Waals surface area contributed by atoms with Crippen LogP contribution in [0.2, 0.25) is 0 Å². The Morgan fingerprint density at radius 3 is 2.73 bits per heavy atom. The molecule has 79 valence electrons. The third-order valence-electron chi connectivity index (χ3n) is 2.60. The fourth-order valence-electron chi connectivity index (χ4n) is 1.73. The van der Waals surface area contributed by atoms with Crippen LogP contribution in [0, 0.1) is 6.92 Å². The molecule has 0 unspecified atom stereocenters. The maximum Gasteiger partial charge on any atom is 0.241 e. The molecule has 1 radical (unpaired) electrons. The summed E-state index contributed by atoms with van der Waals surface area (Å²) in [5, 5.41) is 6.05. The molecular formula is C12H15N2O. The van der Waals surface area contributed by atoms with Gasteiger partial charge in [0.05, 0.1) is 6.04 Å². The molecule has 1 aliphatic heterocycles. The SMILES string of the molecule is [CH2]c1ccc(NC(=O)[C@H]2CCCN2)cc1. The first-order valence-electron chi connectivity index (χ1n) is 5.22. The minimum Gasteiger partial charge on any atom is -0.325 e. The van der Waals surface area contributed by atoms with E-state index in [0.29, 0.717) is 0 Å². The molecule has 1 aromatic carbocycles. The van der Waals surface area contributed by atoms with E-state index in [0.717, 1.165) is 30.6 Å². The lowest BCUT2D eigenvalue weighted by Crippen LogP contribution is -2.35. The van der Waals surface area contributed by atoms with E-state index in [4.69, 9.17) is 0 Å². The standard InChI is InChI=1S/C12H15N2O/c1-9-4-6-10(7-5-9)14-12(15)11-3-2-8-13-11/h4-7,11,13H,1-3,8H2,(H,14,15)/t11-/m1/s1. The van der Waals surface area contributed by atoms with Crippen molar-refractivity contribution in [3.63, 3.8) is 0 Å². The van der Waals surface area contributed by atoms with Gasteiger partial charge in [-0.3, -0.25) is 4.79 Å². The Kier molecular flexibility index (Phi) is 3.02. The quantitative estimate of drug-likeness (QED) is 0.766. The van der Waals surface area contributed by atoms with E-state index in [1.54, 1.807) is 0 Å². The first-order valence-corrected chi connectivity index (χ1v) is 5.22. The molecule has 1 aliphatic rings. The Morgan fingerprint density at radius 1 is 1.40 bits per heavy atom. The van der Waals surface area contributed by atoms with Gasteiger partial charge in [0.25, 0.3) is 0 Å². The topological polar surface area (TPSA) is 41.1 Å². The third kappa shape index (κ3) is 2.57. The van der Waals surface area contributed by atoms with Crippen molar-refractivity contribution >= 4 is 11.6 Å². The van der Waals surface area contributed by atoms with E-state index >= 15 is 0 Å². The molecule has 0 saturated carbocycles. The van der Waals surface area contributed by atoms with Crippen molar-refractivity contribution in [3.05, 3.63) is 36.8 Å². The van der Waals surface area contributed by atoms with Crippen molar-refractivity contribution in [2.45, 2.75) is 18.9 Å². The van der Waals surface area contributed by atoms with Gasteiger partial charge < -0.3 is 10.6 Å². The normalized spacial score (nSPS) is 20.2. The largest absolute Gasteiger partial charge is 0.325 e. The highest BCUT2D eigenvalue weighted by atomic mass is 16.2. The lowest BCUT2D eigenvalue weighted by Gasteiger charge is -2.10. The maximum absolute atomic E-state index is 11.7. The Bertz CT molecular complexity index is 339. The molecule has 3 nitrogen and oxygen atoms in total. The zero-order valence-corrected chi connectivity index (χ0v) is 8.62. The molecule has 0 bridgehead atoms. The van der Waals surface area contributed by atoms with E-state index in [2.05, 4.69) is 17.6 Å². The number of hydrogen-bond acceptors (Lipinski definition) is 2. The second-order valence-corrected chi connectivity index (χ2v) is 3.84. The molecule has 0 aliphatic carbocycles. The maximum atomic E-state index is 11.7. The van der Waals surface area contributed by atoms with Crippen LogP contribution in [0.15, 0.2) is 24.3 Å². The lowest BCUT2D eigenvalue weighted by atomic mass is 10.2. The Morgan fingerprint density at radius 2 is 2.13 bits per heavy atom. The molecule has 1 amide bonds. The van der Waals surface area contributed by atoms with Gasteiger partial charge in [-0.05, 0) is 44.0 Å². The summed E-state index contributed by atoms with van der Waals surface area (Å²) in [6.45, 7) is 4.73. The summed E-state index contributed by atoms with van der Waals surface area (Å²) < 4.78 is 0. The van der Waals surface area contributed by atoms with Crippen molar-refractivity contribution in [2.24, 2.45) is 0 Å². The van der Waals surface area contributed by atoms with Gasteiger partial charge >= 0.3 is 0 Å². The Labute approximate surface area is 89.9 Å². The fraction of sp³-hybridized carbons (Fsp3) is 0.333. The molecular weight excluding hydrogens is 188 g/mol. The third-order valence-corrected chi connectivity index (χ3v) is 2.60. The van der Waals surface area contributed by atoms with Crippen LogP contribution in [0.1, 0.15) is 18.4 Å². The summed E-state index contributed by atoms with van der Waals surface area (Å²) in [6.07, 6.45) is 2.01. The van der Waals surface area contributed by atoms with Crippen LogP contribution >= 0.6 is 0 Å². The molecule has 15 heavy (non-hydrogen) atoms. The number of nitrogens with one attached hydrogen (secondary N) is 2. The van der Waals surface area contributed by atoms with Gasteiger partial charge in [0.1, 0.15) is 0 Å². The van der Waals surface area contributed by atoms with Gasteiger partial charge in [-0.15, -0.1) is 0 Å². The highest BCUT2D eigenvalue weighted by Crippen LogP contribution is 2.11. The van der Waals surface area contributed by atoms with Crippen molar-refractivity contribution in [1.29, 1.82) is 0 Å². The van der Waals surface area contributed by atoms with Crippen LogP contribution in [-0.4, -0.2) is 18.5 Å². The number of amides is 1. The van der Waals surface area contributed by atoms with E-state index in [-0.39, 0.29) is 11.9 Å². The van der Waals surface area contributed by atoms with Crippen LogP contribution in [0.4, 0.5) is 5.69 Å². The highest BCUT2D eigenvalue weighted by Gasteiger charge is 2.21. The first kappa shape index (κ1) is 10.2. The van der Waals surface area contributed by atoms with Crippen LogP contribution in [0.25, 0.3) is 0 Å².